The number of carbonyl (C=O) groups is 2. The third-order valence-corrected chi connectivity index (χ3v) is 4.18. The van der Waals surface area contributed by atoms with Crippen molar-refractivity contribution in [2.24, 2.45) is 0 Å². The zero-order chi connectivity index (χ0) is 21.3. The van der Waals surface area contributed by atoms with E-state index in [2.05, 4.69) is 5.32 Å². The second kappa shape index (κ2) is 9.97. The summed E-state index contributed by atoms with van der Waals surface area (Å²) in [5, 5.41) is 11.7. The molecule has 0 spiro atoms. The highest BCUT2D eigenvalue weighted by molar-refractivity contribution is 6.05. The fraction of sp³-hybridized carbons (Fsp3) is 0.130. The third kappa shape index (κ3) is 5.51. The van der Waals surface area contributed by atoms with Gasteiger partial charge >= 0.3 is 5.97 Å². The predicted molar refractivity (Wildman–Crippen MR) is 112 cm³/mol. The van der Waals surface area contributed by atoms with E-state index in [-0.39, 0.29) is 24.7 Å². The first kappa shape index (κ1) is 20.7. The number of methoxy groups -OCH3 is 1. The van der Waals surface area contributed by atoms with E-state index in [4.69, 9.17) is 19.3 Å². The molecule has 154 valence electrons. The number of aromatic carboxylic acids is 1. The van der Waals surface area contributed by atoms with Crippen molar-refractivity contribution in [3.8, 4) is 17.2 Å². The number of amides is 1. The van der Waals surface area contributed by atoms with Crippen LogP contribution in [0.3, 0.4) is 0 Å². The molecule has 0 saturated heterocycles. The Kier molecular flexibility index (Phi) is 6.89. The molecule has 2 N–H and O–H groups in total. The Morgan fingerprint density at radius 3 is 2.30 bits per heavy atom. The number of carbonyl (C=O) groups excluding carboxylic acids is 1. The number of hydrogen-bond donors (Lipinski definition) is 2. The van der Waals surface area contributed by atoms with Gasteiger partial charge in [-0.2, -0.15) is 0 Å². The molecular formula is C23H21NO6. The Balaban J connectivity index is 1.56. The summed E-state index contributed by atoms with van der Waals surface area (Å²) in [7, 11) is 1.54. The van der Waals surface area contributed by atoms with Gasteiger partial charge in [0.2, 0.25) is 0 Å². The van der Waals surface area contributed by atoms with Gasteiger partial charge in [0.05, 0.1) is 18.4 Å². The predicted octanol–water partition coefficient (Wildman–Crippen LogP) is 4.10. The van der Waals surface area contributed by atoms with Crippen molar-refractivity contribution in [3.63, 3.8) is 0 Å². The van der Waals surface area contributed by atoms with Crippen LogP contribution in [0.5, 0.6) is 17.2 Å². The van der Waals surface area contributed by atoms with Gasteiger partial charge in [0.1, 0.15) is 30.5 Å². The molecule has 3 aromatic carbocycles. The Labute approximate surface area is 173 Å². The van der Waals surface area contributed by atoms with E-state index in [0.29, 0.717) is 28.5 Å². The lowest BCUT2D eigenvalue weighted by atomic mass is 10.2. The van der Waals surface area contributed by atoms with Crippen LogP contribution >= 0.6 is 0 Å². The van der Waals surface area contributed by atoms with Gasteiger partial charge in [-0.15, -0.1) is 0 Å². The maximum absolute atomic E-state index is 12.5. The maximum atomic E-state index is 12.5. The lowest BCUT2D eigenvalue weighted by Crippen LogP contribution is -2.14. The highest BCUT2D eigenvalue weighted by Gasteiger charge is 2.11. The summed E-state index contributed by atoms with van der Waals surface area (Å²) < 4.78 is 16.5. The van der Waals surface area contributed by atoms with Crippen LogP contribution < -0.4 is 19.5 Å². The molecule has 0 radical (unpaired) electrons. The van der Waals surface area contributed by atoms with E-state index in [0.717, 1.165) is 0 Å². The molecule has 0 aromatic heterocycles. The number of hydrogen-bond acceptors (Lipinski definition) is 5. The van der Waals surface area contributed by atoms with Crippen LogP contribution in [0.15, 0.2) is 72.8 Å². The van der Waals surface area contributed by atoms with Crippen LogP contribution in [-0.2, 0) is 0 Å². The maximum Gasteiger partial charge on any atom is 0.335 e. The molecule has 0 aliphatic heterocycles. The van der Waals surface area contributed by atoms with Gasteiger partial charge in [-0.3, -0.25) is 4.79 Å². The Hall–Kier alpha value is -4.00. The first-order chi connectivity index (χ1) is 14.6. The minimum absolute atomic E-state index is 0.194. The fourth-order valence-electron chi connectivity index (χ4n) is 2.66. The number of carboxylic acids is 1. The Bertz CT molecular complexity index is 1020. The quantitative estimate of drug-likeness (QED) is 0.519. The van der Waals surface area contributed by atoms with E-state index >= 15 is 0 Å². The highest BCUT2D eigenvalue weighted by Crippen LogP contribution is 2.25. The van der Waals surface area contributed by atoms with Crippen LogP contribution in [0.25, 0.3) is 0 Å². The molecule has 0 bridgehead atoms. The molecule has 1 amide bonds. The summed E-state index contributed by atoms with van der Waals surface area (Å²) >= 11 is 0. The van der Waals surface area contributed by atoms with Gasteiger partial charge in [0.25, 0.3) is 5.91 Å². The molecule has 0 aliphatic rings. The first-order valence-corrected chi connectivity index (χ1v) is 9.20. The number of anilines is 1. The average molecular weight is 407 g/mol. The van der Waals surface area contributed by atoms with Gasteiger partial charge in [-0.05, 0) is 54.6 Å². The molecule has 0 unspecified atom stereocenters. The van der Waals surface area contributed by atoms with E-state index in [1.54, 1.807) is 61.7 Å². The van der Waals surface area contributed by atoms with E-state index in [1.165, 1.54) is 12.1 Å². The van der Waals surface area contributed by atoms with Crippen molar-refractivity contribution in [1.82, 2.24) is 0 Å². The minimum Gasteiger partial charge on any atom is -0.497 e. The summed E-state index contributed by atoms with van der Waals surface area (Å²) in [6, 6.07) is 20.1. The Morgan fingerprint density at radius 2 is 1.57 bits per heavy atom. The minimum atomic E-state index is -0.988. The van der Waals surface area contributed by atoms with Gasteiger partial charge in [-0.25, -0.2) is 4.79 Å². The third-order valence-electron chi connectivity index (χ3n) is 4.18. The molecular weight excluding hydrogens is 386 g/mol. The molecule has 30 heavy (non-hydrogen) atoms. The largest absolute Gasteiger partial charge is 0.497 e. The van der Waals surface area contributed by atoms with Crippen molar-refractivity contribution in [3.05, 3.63) is 83.9 Å². The highest BCUT2D eigenvalue weighted by atomic mass is 16.5. The lowest BCUT2D eigenvalue weighted by Gasteiger charge is -2.13. The van der Waals surface area contributed by atoms with E-state index in [9.17, 15) is 9.59 Å². The van der Waals surface area contributed by atoms with Gasteiger partial charge in [0.15, 0.2) is 0 Å². The lowest BCUT2D eigenvalue weighted by molar-refractivity contribution is 0.0696. The molecule has 0 heterocycles. The van der Waals surface area contributed by atoms with Crippen LogP contribution in [0, 0.1) is 0 Å². The van der Waals surface area contributed by atoms with Crippen LogP contribution in [0.1, 0.15) is 20.7 Å². The van der Waals surface area contributed by atoms with Crippen LogP contribution in [0.2, 0.25) is 0 Å². The average Bonchev–Trinajstić information content (AvgIpc) is 2.78. The van der Waals surface area contributed by atoms with Crippen molar-refractivity contribution < 1.29 is 28.9 Å². The number of benzene rings is 3. The van der Waals surface area contributed by atoms with Crippen molar-refractivity contribution in [2.45, 2.75) is 0 Å². The molecule has 0 fully saturated rings. The van der Waals surface area contributed by atoms with Gasteiger partial charge < -0.3 is 24.6 Å². The van der Waals surface area contributed by atoms with Crippen molar-refractivity contribution >= 4 is 17.6 Å². The standard InChI is InChI=1S/C23H21NO6/c1-28-19-6-4-5-17(15-19)22(25)24-20-7-2-3-8-21(20)30-14-13-29-18-11-9-16(10-12-18)23(26)27/h2-12,15H,13-14H2,1H3,(H,24,25)(H,26,27). The fourth-order valence-corrected chi connectivity index (χ4v) is 2.66. The molecule has 0 aliphatic carbocycles. The first-order valence-electron chi connectivity index (χ1n) is 9.20. The number of ether oxygens (including phenoxy) is 3. The normalized spacial score (nSPS) is 10.2. The van der Waals surface area contributed by atoms with Gasteiger partial charge in [0, 0.05) is 5.56 Å². The van der Waals surface area contributed by atoms with Crippen molar-refractivity contribution in [2.75, 3.05) is 25.6 Å². The summed E-state index contributed by atoms with van der Waals surface area (Å²) in [5.41, 5.74) is 1.20. The second-order valence-corrected chi connectivity index (χ2v) is 6.21. The zero-order valence-corrected chi connectivity index (χ0v) is 16.3. The Morgan fingerprint density at radius 1 is 0.833 bits per heavy atom. The van der Waals surface area contributed by atoms with Gasteiger partial charge in [-0.1, -0.05) is 18.2 Å². The summed E-state index contributed by atoms with van der Waals surface area (Å²) in [6.45, 7) is 0.497. The molecule has 7 nitrogen and oxygen atoms in total. The molecule has 0 saturated carbocycles. The summed E-state index contributed by atoms with van der Waals surface area (Å²) in [6.07, 6.45) is 0. The number of nitrogens with one attached hydrogen (secondary N) is 1. The number of carboxylic acid groups (broad SMARTS) is 1. The van der Waals surface area contributed by atoms with Crippen molar-refractivity contribution in [1.29, 1.82) is 0 Å². The monoisotopic (exact) mass is 407 g/mol. The molecule has 3 aromatic rings. The summed E-state index contributed by atoms with van der Waals surface area (Å²) in [5.74, 6) is 0.389. The molecule has 7 heteroatoms. The summed E-state index contributed by atoms with van der Waals surface area (Å²) in [4.78, 5) is 23.4. The topological polar surface area (TPSA) is 94.1 Å². The smallest absolute Gasteiger partial charge is 0.335 e. The van der Waals surface area contributed by atoms with E-state index < -0.39 is 5.97 Å². The number of para-hydroxylation sites is 2. The van der Waals surface area contributed by atoms with E-state index in [1.807, 2.05) is 6.07 Å². The molecule has 3 rings (SSSR count). The molecule has 0 atom stereocenters. The number of rotatable bonds is 9. The van der Waals surface area contributed by atoms with Crippen LogP contribution in [-0.4, -0.2) is 37.3 Å². The second-order valence-electron chi connectivity index (χ2n) is 6.21. The van der Waals surface area contributed by atoms with Crippen LogP contribution in [0.4, 0.5) is 5.69 Å². The zero-order valence-electron chi connectivity index (χ0n) is 16.3. The SMILES string of the molecule is COc1cccc(C(=O)Nc2ccccc2OCCOc2ccc(C(=O)O)cc2)c1.